The Morgan fingerprint density at radius 2 is 1.68 bits per heavy atom. The van der Waals surface area contributed by atoms with Gasteiger partial charge >= 0.3 is 11.9 Å². The Bertz CT molecular complexity index is 644. The number of aliphatic hydroxyl groups excluding tert-OH is 1. The van der Waals surface area contributed by atoms with Crippen molar-refractivity contribution in [1.29, 1.82) is 0 Å². The van der Waals surface area contributed by atoms with E-state index in [-0.39, 0.29) is 5.56 Å². The molecule has 1 aromatic carbocycles. The van der Waals surface area contributed by atoms with Gasteiger partial charge in [-0.05, 0) is 18.6 Å². The quantitative estimate of drug-likeness (QED) is 0.581. The third kappa shape index (κ3) is 2.89. The van der Waals surface area contributed by atoms with E-state index in [1.54, 1.807) is 0 Å². The summed E-state index contributed by atoms with van der Waals surface area (Å²) in [6.45, 7) is 1.18. The van der Waals surface area contributed by atoms with Gasteiger partial charge < -0.3 is 15.3 Å². The second kappa shape index (κ2) is 4.96. The molecule has 104 valence electrons. The van der Waals surface area contributed by atoms with Gasteiger partial charge in [-0.2, -0.15) is 8.42 Å². The fourth-order valence-electron chi connectivity index (χ4n) is 1.60. The maximum Gasteiger partial charge on any atom is 0.337 e. The van der Waals surface area contributed by atoms with Crippen molar-refractivity contribution in [3.63, 3.8) is 0 Å². The molecule has 19 heavy (non-hydrogen) atoms. The van der Waals surface area contributed by atoms with Gasteiger partial charge in [0.2, 0.25) is 0 Å². The van der Waals surface area contributed by atoms with Crippen LogP contribution in [0.15, 0.2) is 17.0 Å². The van der Waals surface area contributed by atoms with Gasteiger partial charge in [0.1, 0.15) is 4.90 Å². The Hall–Kier alpha value is -1.97. The summed E-state index contributed by atoms with van der Waals surface area (Å²) in [6, 6.07) is 1.78. The first-order valence-corrected chi connectivity index (χ1v) is 6.30. The first-order chi connectivity index (χ1) is 8.57. The van der Waals surface area contributed by atoms with E-state index in [2.05, 4.69) is 0 Å². The van der Waals surface area contributed by atoms with Crippen LogP contribution in [0.25, 0.3) is 0 Å². The van der Waals surface area contributed by atoms with Gasteiger partial charge in [-0.25, -0.2) is 9.59 Å². The molecule has 0 spiro atoms. The molecular weight excluding hydrogens is 280 g/mol. The third-order valence-electron chi connectivity index (χ3n) is 2.34. The molecule has 0 saturated carbocycles. The van der Waals surface area contributed by atoms with Crippen molar-refractivity contribution < 1.29 is 37.9 Å². The number of rotatable bonds is 4. The molecule has 1 unspecified atom stereocenters. The van der Waals surface area contributed by atoms with Gasteiger partial charge in [0.15, 0.2) is 0 Å². The van der Waals surface area contributed by atoms with Gasteiger partial charge in [0.25, 0.3) is 10.1 Å². The zero-order valence-electron chi connectivity index (χ0n) is 9.56. The summed E-state index contributed by atoms with van der Waals surface area (Å²) in [4.78, 5) is 20.7. The predicted molar refractivity (Wildman–Crippen MR) is 60.8 cm³/mol. The third-order valence-corrected chi connectivity index (χ3v) is 3.28. The minimum Gasteiger partial charge on any atom is -0.478 e. The number of benzene rings is 1. The van der Waals surface area contributed by atoms with Crippen molar-refractivity contribution in [2.75, 3.05) is 0 Å². The lowest BCUT2D eigenvalue weighted by atomic mass is 10.00. The van der Waals surface area contributed by atoms with Crippen LogP contribution in [0, 0.1) is 0 Å². The monoisotopic (exact) mass is 290 g/mol. The molecular formula is C10H10O8S. The van der Waals surface area contributed by atoms with Crippen LogP contribution in [0.3, 0.4) is 0 Å². The number of carboxylic acid groups (broad SMARTS) is 2. The minimum absolute atomic E-state index is 0.315. The summed E-state index contributed by atoms with van der Waals surface area (Å²) < 4.78 is 31.4. The summed E-state index contributed by atoms with van der Waals surface area (Å²) >= 11 is 0. The minimum atomic E-state index is -5.08. The highest BCUT2D eigenvalue weighted by Gasteiger charge is 2.31. The van der Waals surface area contributed by atoms with Crippen LogP contribution in [-0.4, -0.2) is 40.2 Å². The molecule has 0 aromatic heterocycles. The lowest BCUT2D eigenvalue weighted by Gasteiger charge is -2.14. The Kier molecular flexibility index (Phi) is 3.94. The SMILES string of the molecule is CC(O)c1ccc(C(=O)O)c(S(=O)(=O)O)c1C(=O)O. The number of aromatic carboxylic acids is 2. The van der Waals surface area contributed by atoms with Crippen LogP contribution < -0.4 is 0 Å². The lowest BCUT2D eigenvalue weighted by molar-refractivity contribution is 0.0682. The van der Waals surface area contributed by atoms with Gasteiger partial charge in [-0.3, -0.25) is 4.55 Å². The first kappa shape index (κ1) is 15.1. The highest BCUT2D eigenvalue weighted by Crippen LogP contribution is 2.28. The summed E-state index contributed by atoms with van der Waals surface area (Å²) in [5.41, 5.74) is -2.16. The van der Waals surface area contributed by atoms with Crippen molar-refractivity contribution in [2.45, 2.75) is 17.9 Å². The number of hydrogen-bond acceptors (Lipinski definition) is 5. The number of aliphatic hydroxyl groups is 1. The van der Waals surface area contributed by atoms with Crippen LogP contribution in [0.4, 0.5) is 0 Å². The average molecular weight is 290 g/mol. The fraction of sp³-hybridized carbons (Fsp3) is 0.200. The van der Waals surface area contributed by atoms with Crippen LogP contribution in [0.2, 0.25) is 0 Å². The largest absolute Gasteiger partial charge is 0.478 e. The fourth-order valence-corrected chi connectivity index (χ4v) is 2.50. The Morgan fingerprint density at radius 3 is 2.00 bits per heavy atom. The van der Waals surface area contributed by atoms with Crippen LogP contribution >= 0.6 is 0 Å². The highest BCUT2D eigenvalue weighted by molar-refractivity contribution is 7.86. The molecule has 0 heterocycles. The zero-order valence-corrected chi connectivity index (χ0v) is 10.4. The highest BCUT2D eigenvalue weighted by atomic mass is 32.2. The summed E-state index contributed by atoms with van der Waals surface area (Å²) in [5.74, 6) is -3.49. The van der Waals surface area contributed by atoms with E-state index in [1.807, 2.05) is 0 Å². The van der Waals surface area contributed by atoms with Gasteiger partial charge in [-0.1, -0.05) is 6.07 Å². The normalized spacial score (nSPS) is 13.0. The average Bonchev–Trinajstić information content (AvgIpc) is 2.25. The summed E-state index contributed by atoms with van der Waals surface area (Å²) in [6.07, 6.45) is -1.35. The van der Waals surface area contributed by atoms with Crippen LogP contribution in [-0.2, 0) is 10.1 Å². The van der Waals surface area contributed by atoms with Crippen molar-refractivity contribution in [1.82, 2.24) is 0 Å². The maximum absolute atomic E-state index is 11.2. The van der Waals surface area contributed by atoms with Gasteiger partial charge in [0, 0.05) is 0 Å². The summed E-state index contributed by atoms with van der Waals surface area (Å²) in [5, 5.41) is 27.2. The van der Waals surface area contributed by atoms with Crippen molar-refractivity contribution in [3.8, 4) is 0 Å². The second-order valence-corrected chi connectivity index (χ2v) is 5.03. The van der Waals surface area contributed by atoms with Crippen molar-refractivity contribution in [3.05, 3.63) is 28.8 Å². The van der Waals surface area contributed by atoms with Crippen molar-refractivity contribution >= 4 is 22.1 Å². The number of hydrogen-bond donors (Lipinski definition) is 4. The molecule has 0 saturated heterocycles. The number of carboxylic acids is 2. The number of carbonyl (C=O) groups is 2. The van der Waals surface area contributed by atoms with E-state index in [1.165, 1.54) is 6.92 Å². The molecule has 8 nitrogen and oxygen atoms in total. The zero-order chi connectivity index (χ0) is 15.0. The second-order valence-electron chi connectivity index (χ2n) is 3.67. The molecule has 1 atom stereocenters. The molecule has 0 bridgehead atoms. The molecule has 0 aliphatic carbocycles. The molecule has 9 heteroatoms. The molecule has 0 radical (unpaired) electrons. The van der Waals surface area contributed by atoms with Gasteiger partial charge in [-0.15, -0.1) is 0 Å². The van der Waals surface area contributed by atoms with E-state index < -0.39 is 44.2 Å². The van der Waals surface area contributed by atoms with E-state index >= 15 is 0 Å². The molecule has 1 aromatic rings. The standard InChI is InChI=1S/C10H10O8S/c1-4(11)5-2-3-6(9(12)13)8(19(16,17)18)7(5)10(14)15/h2-4,11H,1H3,(H,12,13)(H,14,15)(H,16,17,18). The molecule has 0 fully saturated rings. The summed E-state index contributed by atoms with van der Waals surface area (Å²) in [7, 11) is -5.08. The van der Waals surface area contributed by atoms with Crippen molar-refractivity contribution in [2.24, 2.45) is 0 Å². The van der Waals surface area contributed by atoms with Crippen LogP contribution in [0.1, 0.15) is 39.3 Å². The molecule has 0 amide bonds. The molecule has 4 N–H and O–H groups in total. The Labute approximate surface area is 107 Å². The smallest absolute Gasteiger partial charge is 0.337 e. The topological polar surface area (TPSA) is 149 Å². The first-order valence-electron chi connectivity index (χ1n) is 4.86. The van der Waals surface area contributed by atoms with E-state index in [4.69, 9.17) is 14.8 Å². The van der Waals surface area contributed by atoms with E-state index in [0.717, 1.165) is 12.1 Å². The molecule has 0 aliphatic heterocycles. The molecule has 1 rings (SSSR count). The van der Waals surface area contributed by atoms with E-state index in [0.29, 0.717) is 0 Å². The Morgan fingerprint density at radius 1 is 1.16 bits per heavy atom. The predicted octanol–water partition coefficient (Wildman–Crippen LogP) is 0.383. The van der Waals surface area contributed by atoms with Gasteiger partial charge in [0.05, 0.1) is 17.2 Å². The Balaban J connectivity index is 3.94. The lowest BCUT2D eigenvalue weighted by Crippen LogP contribution is -2.17. The van der Waals surface area contributed by atoms with Crippen LogP contribution in [0.5, 0.6) is 0 Å². The van der Waals surface area contributed by atoms with E-state index in [9.17, 15) is 23.1 Å². The molecule has 0 aliphatic rings. The maximum atomic E-state index is 11.2.